The molecule has 1 N–H and O–H groups in total. The Morgan fingerprint density at radius 2 is 1.48 bits per heavy atom. The van der Waals surface area contributed by atoms with E-state index in [0.717, 1.165) is 13.1 Å². The van der Waals surface area contributed by atoms with Crippen molar-refractivity contribution in [2.45, 2.75) is 29.7 Å². The molecule has 0 fully saturated rings. The first-order chi connectivity index (χ1) is 11.2. The lowest BCUT2D eigenvalue weighted by Gasteiger charge is -2.35. The second-order valence-corrected chi connectivity index (χ2v) is 6.87. The van der Waals surface area contributed by atoms with Crippen LogP contribution in [0.15, 0.2) is 58.3 Å². The number of β-amino-alcohol motifs (C(OH)–C–C–N with tert-alkyl or cyclic N) is 1. The van der Waals surface area contributed by atoms with Gasteiger partial charge in [-0.1, -0.05) is 49.9 Å². The Morgan fingerprint density at radius 1 is 0.957 bits per heavy atom. The van der Waals surface area contributed by atoms with Crippen molar-refractivity contribution >= 4 is 23.1 Å². The predicted octanol–water partition coefficient (Wildman–Crippen LogP) is 3.99. The van der Waals surface area contributed by atoms with Crippen molar-refractivity contribution in [2.75, 3.05) is 31.1 Å². The van der Waals surface area contributed by atoms with Gasteiger partial charge in [0.2, 0.25) is 0 Å². The Morgan fingerprint density at radius 3 is 2.00 bits per heavy atom. The fourth-order valence-corrected chi connectivity index (χ4v) is 4.12. The van der Waals surface area contributed by atoms with Gasteiger partial charge in [0.1, 0.15) is 0 Å². The number of hydrogen-bond donors (Lipinski definition) is 1. The molecule has 0 unspecified atom stereocenters. The van der Waals surface area contributed by atoms with Crippen LogP contribution in [0.2, 0.25) is 0 Å². The number of aliphatic hydroxyl groups excluding tert-OH is 1. The van der Waals surface area contributed by atoms with Gasteiger partial charge in [0.25, 0.3) is 0 Å². The van der Waals surface area contributed by atoms with E-state index in [-0.39, 0.29) is 6.10 Å². The number of benzene rings is 2. The molecule has 4 heteroatoms. The quantitative estimate of drug-likeness (QED) is 0.867. The van der Waals surface area contributed by atoms with Crippen molar-refractivity contribution in [3.63, 3.8) is 0 Å². The summed E-state index contributed by atoms with van der Waals surface area (Å²) in [5, 5.41) is 10.6. The standard InChI is InChI=1S/C19H24N2OS/c1-3-20(4-2)13-15(22)14-21-16-9-5-7-11-18(16)23-19-12-8-6-10-17(19)21/h5-12,15,22H,3-4,13-14H2,1-2H3/t15-/m0/s1. The summed E-state index contributed by atoms with van der Waals surface area (Å²) in [4.78, 5) is 7.03. The topological polar surface area (TPSA) is 26.7 Å². The van der Waals surface area contributed by atoms with E-state index >= 15 is 0 Å². The Bertz CT molecular complexity index is 612. The Hall–Kier alpha value is -1.49. The highest BCUT2D eigenvalue weighted by Gasteiger charge is 2.25. The summed E-state index contributed by atoms with van der Waals surface area (Å²) in [6.45, 7) is 7.54. The smallest absolute Gasteiger partial charge is 0.0845 e. The molecular weight excluding hydrogens is 304 g/mol. The molecule has 0 radical (unpaired) electrons. The van der Waals surface area contributed by atoms with Crippen LogP contribution in [0, 0.1) is 0 Å². The number of para-hydroxylation sites is 2. The third-order valence-corrected chi connectivity index (χ3v) is 5.42. The summed E-state index contributed by atoms with van der Waals surface area (Å²) < 4.78 is 0. The number of aliphatic hydroxyl groups is 1. The summed E-state index contributed by atoms with van der Waals surface area (Å²) in [7, 11) is 0. The first kappa shape index (κ1) is 16.4. The molecule has 1 atom stereocenters. The van der Waals surface area contributed by atoms with Gasteiger partial charge in [-0.3, -0.25) is 0 Å². The largest absolute Gasteiger partial charge is 0.390 e. The van der Waals surface area contributed by atoms with Crippen LogP contribution in [0.25, 0.3) is 0 Å². The fraction of sp³-hybridized carbons (Fsp3) is 0.368. The molecule has 1 aliphatic heterocycles. The van der Waals surface area contributed by atoms with E-state index in [2.05, 4.69) is 72.2 Å². The van der Waals surface area contributed by atoms with Crippen LogP contribution < -0.4 is 4.90 Å². The van der Waals surface area contributed by atoms with Crippen LogP contribution in [-0.2, 0) is 0 Å². The molecule has 0 aliphatic carbocycles. The van der Waals surface area contributed by atoms with E-state index < -0.39 is 0 Å². The number of nitrogens with zero attached hydrogens (tertiary/aromatic N) is 2. The minimum absolute atomic E-state index is 0.376. The molecule has 1 heterocycles. The normalized spacial score (nSPS) is 14.5. The zero-order valence-corrected chi connectivity index (χ0v) is 14.6. The van der Waals surface area contributed by atoms with Gasteiger partial charge < -0.3 is 14.9 Å². The number of likely N-dealkylation sites (N-methyl/N-ethyl adjacent to an activating group) is 1. The molecular formula is C19H24N2OS. The van der Waals surface area contributed by atoms with E-state index in [1.807, 2.05) is 0 Å². The lowest BCUT2D eigenvalue weighted by molar-refractivity contribution is 0.124. The monoisotopic (exact) mass is 328 g/mol. The number of rotatable bonds is 6. The molecule has 1 aliphatic rings. The predicted molar refractivity (Wildman–Crippen MR) is 97.8 cm³/mol. The molecule has 122 valence electrons. The van der Waals surface area contributed by atoms with Crippen molar-refractivity contribution in [3.05, 3.63) is 48.5 Å². The highest BCUT2D eigenvalue weighted by molar-refractivity contribution is 7.99. The van der Waals surface area contributed by atoms with Crippen LogP contribution in [0.1, 0.15) is 13.8 Å². The van der Waals surface area contributed by atoms with Gasteiger partial charge in [-0.05, 0) is 37.4 Å². The number of fused-ring (bicyclic) bond motifs is 2. The average molecular weight is 328 g/mol. The lowest BCUT2D eigenvalue weighted by Crippen LogP contribution is -2.39. The van der Waals surface area contributed by atoms with Gasteiger partial charge in [0.15, 0.2) is 0 Å². The molecule has 0 bridgehead atoms. The first-order valence-electron chi connectivity index (χ1n) is 8.26. The molecule has 3 rings (SSSR count). The summed E-state index contributed by atoms with van der Waals surface area (Å²) in [6, 6.07) is 16.9. The lowest BCUT2D eigenvalue weighted by atomic mass is 10.2. The van der Waals surface area contributed by atoms with Crippen molar-refractivity contribution in [1.82, 2.24) is 4.90 Å². The maximum absolute atomic E-state index is 10.6. The second-order valence-electron chi connectivity index (χ2n) is 5.79. The zero-order chi connectivity index (χ0) is 16.2. The molecule has 0 aromatic heterocycles. The van der Waals surface area contributed by atoms with Crippen molar-refractivity contribution in [1.29, 1.82) is 0 Å². The average Bonchev–Trinajstić information content (AvgIpc) is 2.59. The summed E-state index contributed by atoms with van der Waals surface area (Å²) in [5.41, 5.74) is 2.38. The highest BCUT2D eigenvalue weighted by atomic mass is 32.2. The fourth-order valence-electron chi connectivity index (χ4n) is 3.03. The van der Waals surface area contributed by atoms with Gasteiger partial charge >= 0.3 is 0 Å². The third-order valence-electron chi connectivity index (χ3n) is 4.29. The Balaban J connectivity index is 1.86. The van der Waals surface area contributed by atoms with Crippen LogP contribution in [-0.4, -0.2) is 42.3 Å². The molecule has 0 spiro atoms. The van der Waals surface area contributed by atoms with Crippen molar-refractivity contribution in [3.8, 4) is 0 Å². The van der Waals surface area contributed by atoms with Gasteiger partial charge in [-0.2, -0.15) is 0 Å². The molecule has 0 saturated carbocycles. The molecule has 0 saturated heterocycles. The van der Waals surface area contributed by atoms with Crippen LogP contribution >= 0.6 is 11.8 Å². The van der Waals surface area contributed by atoms with Gasteiger partial charge in [-0.25, -0.2) is 0 Å². The molecule has 23 heavy (non-hydrogen) atoms. The minimum Gasteiger partial charge on any atom is -0.390 e. The first-order valence-corrected chi connectivity index (χ1v) is 9.08. The number of hydrogen-bond acceptors (Lipinski definition) is 4. The van der Waals surface area contributed by atoms with E-state index in [1.165, 1.54) is 21.2 Å². The van der Waals surface area contributed by atoms with Gasteiger partial charge in [0, 0.05) is 16.3 Å². The summed E-state index contributed by atoms with van der Waals surface area (Å²) >= 11 is 1.80. The third kappa shape index (κ3) is 3.55. The van der Waals surface area contributed by atoms with E-state index in [0.29, 0.717) is 13.1 Å². The molecule has 2 aromatic rings. The number of anilines is 2. The maximum atomic E-state index is 10.6. The van der Waals surface area contributed by atoms with Crippen LogP contribution in [0.5, 0.6) is 0 Å². The van der Waals surface area contributed by atoms with Crippen LogP contribution in [0.4, 0.5) is 11.4 Å². The van der Waals surface area contributed by atoms with E-state index in [1.54, 1.807) is 11.8 Å². The summed E-state index contributed by atoms with van der Waals surface area (Å²) in [6.07, 6.45) is -0.376. The molecule has 3 nitrogen and oxygen atoms in total. The second kappa shape index (κ2) is 7.39. The van der Waals surface area contributed by atoms with Gasteiger partial charge in [0.05, 0.1) is 24.0 Å². The zero-order valence-electron chi connectivity index (χ0n) is 13.8. The van der Waals surface area contributed by atoms with Crippen LogP contribution in [0.3, 0.4) is 0 Å². The minimum atomic E-state index is -0.376. The summed E-state index contributed by atoms with van der Waals surface area (Å²) in [5.74, 6) is 0. The van der Waals surface area contributed by atoms with Crippen molar-refractivity contribution in [2.24, 2.45) is 0 Å². The maximum Gasteiger partial charge on any atom is 0.0845 e. The van der Waals surface area contributed by atoms with E-state index in [9.17, 15) is 5.11 Å². The Kier molecular flexibility index (Phi) is 5.26. The van der Waals surface area contributed by atoms with Crippen molar-refractivity contribution < 1.29 is 5.11 Å². The molecule has 2 aromatic carbocycles. The molecule has 0 amide bonds. The highest BCUT2D eigenvalue weighted by Crippen LogP contribution is 2.47. The Labute approximate surface area is 142 Å². The van der Waals surface area contributed by atoms with E-state index in [4.69, 9.17) is 0 Å². The SMILES string of the molecule is CCN(CC)C[C@H](O)CN1c2ccccc2Sc2ccccc21. The van der Waals surface area contributed by atoms with Gasteiger partial charge in [-0.15, -0.1) is 0 Å².